The molecule has 1 aromatic carbocycles. The van der Waals surface area contributed by atoms with Crippen molar-refractivity contribution in [1.82, 2.24) is 0 Å². The van der Waals surface area contributed by atoms with Gasteiger partial charge in [-0.3, -0.25) is 4.79 Å². The molecule has 0 fully saturated rings. The summed E-state index contributed by atoms with van der Waals surface area (Å²) in [6.45, 7) is 1.88. The highest BCUT2D eigenvalue weighted by Crippen LogP contribution is 2.15. The largest absolute Gasteiger partial charge is 0.322 e. The summed E-state index contributed by atoms with van der Waals surface area (Å²) in [7, 11) is 0. The molecule has 0 aliphatic carbocycles. The van der Waals surface area contributed by atoms with Gasteiger partial charge < -0.3 is 11.1 Å². The van der Waals surface area contributed by atoms with Crippen molar-refractivity contribution in [3.63, 3.8) is 0 Å². The Morgan fingerprint density at radius 2 is 2.19 bits per heavy atom. The van der Waals surface area contributed by atoms with Crippen LogP contribution in [0.5, 0.6) is 0 Å². The summed E-state index contributed by atoms with van der Waals surface area (Å²) in [5.74, 6) is -1.80. The number of carbonyl (C=O) groups is 1. The van der Waals surface area contributed by atoms with Gasteiger partial charge in [0, 0.05) is 6.07 Å². The SMILES string of the molecule is CCCC(N)C(=O)Nc1cc(F)ccc1F. The third kappa shape index (κ3) is 3.27. The topological polar surface area (TPSA) is 55.1 Å². The Morgan fingerprint density at radius 1 is 1.50 bits per heavy atom. The number of amides is 1. The van der Waals surface area contributed by atoms with Gasteiger partial charge in [-0.25, -0.2) is 8.78 Å². The van der Waals surface area contributed by atoms with Crippen molar-refractivity contribution in [2.24, 2.45) is 5.73 Å². The van der Waals surface area contributed by atoms with Crippen LogP contribution in [0, 0.1) is 11.6 Å². The number of rotatable bonds is 4. The van der Waals surface area contributed by atoms with E-state index in [1.54, 1.807) is 0 Å². The molecule has 1 rings (SSSR count). The zero-order valence-corrected chi connectivity index (χ0v) is 8.97. The van der Waals surface area contributed by atoms with E-state index >= 15 is 0 Å². The molecule has 1 unspecified atom stereocenters. The highest BCUT2D eigenvalue weighted by atomic mass is 19.1. The molecule has 16 heavy (non-hydrogen) atoms. The van der Waals surface area contributed by atoms with E-state index in [1.165, 1.54) is 0 Å². The van der Waals surface area contributed by atoms with Crippen LogP contribution in [0.15, 0.2) is 18.2 Å². The van der Waals surface area contributed by atoms with E-state index < -0.39 is 23.6 Å². The summed E-state index contributed by atoms with van der Waals surface area (Å²) >= 11 is 0. The molecule has 0 aromatic heterocycles. The molecular formula is C11H14F2N2O. The minimum absolute atomic E-state index is 0.184. The number of halogens is 2. The Labute approximate surface area is 92.6 Å². The maximum Gasteiger partial charge on any atom is 0.241 e. The Balaban J connectivity index is 2.72. The number of hydrogen-bond acceptors (Lipinski definition) is 2. The summed E-state index contributed by atoms with van der Waals surface area (Å²) in [6, 6.07) is 2.16. The van der Waals surface area contributed by atoms with Crippen molar-refractivity contribution in [1.29, 1.82) is 0 Å². The molecule has 0 aliphatic heterocycles. The van der Waals surface area contributed by atoms with Crippen molar-refractivity contribution in [3.8, 4) is 0 Å². The summed E-state index contributed by atoms with van der Waals surface area (Å²) in [6.07, 6.45) is 1.25. The average molecular weight is 228 g/mol. The first kappa shape index (κ1) is 12.6. The lowest BCUT2D eigenvalue weighted by Crippen LogP contribution is -2.35. The van der Waals surface area contributed by atoms with Gasteiger partial charge in [0.2, 0.25) is 5.91 Å². The zero-order chi connectivity index (χ0) is 12.1. The van der Waals surface area contributed by atoms with Gasteiger partial charge in [0.25, 0.3) is 0 Å². The summed E-state index contributed by atoms with van der Waals surface area (Å²) in [5.41, 5.74) is 5.35. The van der Waals surface area contributed by atoms with Gasteiger partial charge in [0.1, 0.15) is 11.6 Å². The number of anilines is 1. The molecular weight excluding hydrogens is 214 g/mol. The molecule has 1 amide bonds. The summed E-state index contributed by atoms with van der Waals surface area (Å²) in [5, 5.41) is 2.26. The first-order chi connectivity index (χ1) is 7.54. The number of nitrogens with one attached hydrogen (secondary N) is 1. The van der Waals surface area contributed by atoms with Crippen molar-refractivity contribution in [2.75, 3.05) is 5.32 Å². The fourth-order valence-electron chi connectivity index (χ4n) is 1.26. The predicted molar refractivity (Wildman–Crippen MR) is 57.9 cm³/mol. The van der Waals surface area contributed by atoms with Gasteiger partial charge in [-0.1, -0.05) is 13.3 Å². The van der Waals surface area contributed by atoms with E-state index in [1.807, 2.05) is 6.92 Å². The first-order valence-corrected chi connectivity index (χ1v) is 5.06. The van der Waals surface area contributed by atoms with Gasteiger partial charge in [-0.15, -0.1) is 0 Å². The molecule has 3 N–H and O–H groups in total. The van der Waals surface area contributed by atoms with Crippen molar-refractivity contribution in [2.45, 2.75) is 25.8 Å². The van der Waals surface area contributed by atoms with E-state index in [0.29, 0.717) is 6.42 Å². The molecule has 1 atom stereocenters. The molecule has 3 nitrogen and oxygen atoms in total. The average Bonchev–Trinajstić information content (AvgIpc) is 2.23. The number of hydrogen-bond donors (Lipinski definition) is 2. The Kier molecular flexibility index (Phi) is 4.37. The van der Waals surface area contributed by atoms with Crippen LogP contribution >= 0.6 is 0 Å². The Bertz CT molecular complexity index is 382. The van der Waals surface area contributed by atoms with Crippen LogP contribution in [-0.4, -0.2) is 11.9 Å². The second-order valence-corrected chi connectivity index (χ2v) is 3.51. The molecule has 0 radical (unpaired) electrons. The van der Waals surface area contributed by atoms with E-state index in [2.05, 4.69) is 5.32 Å². The number of carbonyl (C=O) groups excluding carboxylic acids is 1. The van der Waals surface area contributed by atoms with E-state index in [0.717, 1.165) is 24.6 Å². The van der Waals surface area contributed by atoms with E-state index in [-0.39, 0.29) is 5.69 Å². The Morgan fingerprint density at radius 3 is 2.81 bits per heavy atom. The maximum absolute atomic E-state index is 13.2. The molecule has 0 heterocycles. The maximum atomic E-state index is 13.2. The normalized spacial score (nSPS) is 12.2. The quantitative estimate of drug-likeness (QED) is 0.828. The first-order valence-electron chi connectivity index (χ1n) is 5.06. The number of benzene rings is 1. The van der Waals surface area contributed by atoms with Gasteiger partial charge in [-0.05, 0) is 18.6 Å². The van der Waals surface area contributed by atoms with Crippen LogP contribution in [0.4, 0.5) is 14.5 Å². The monoisotopic (exact) mass is 228 g/mol. The lowest BCUT2D eigenvalue weighted by atomic mass is 10.1. The third-order valence-electron chi connectivity index (χ3n) is 2.12. The zero-order valence-electron chi connectivity index (χ0n) is 8.97. The van der Waals surface area contributed by atoms with Gasteiger partial charge in [-0.2, -0.15) is 0 Å². The minimum Gasteiger partial charge on any atom is -0.322 e. The van der Waals surface area contributed by atoms with Crippen LogP contribution in [0.2, 0.25) is 0 Å². The fourth-order valence-corrected chi connectivity index (χ4v) is 1.26. The molecule has 0 saturated carbocycles. The molecule has 88 valence electrons. The van der Waals surface area contributed by atoms with E-state index in [4.69, 9.17) is 5.73 Å². The highest BCUT2D eigenvalue weighted by molar-refractivity contribution is 5.94. The van der Waals surface area contributed by atoms with E-state index in [9.17, 15) is 13.6 Å². The predicted octanol–water partition coefficient (Wildman–Crippen LogP) is 2.03. The molecule has 5 heteroatoms. The van der Waals surface area contributed by atoms with Gasteiger partial charge in [0.05, 0.1) is 11.7 Å². The standard InChI is InChI=1S/C11H14F2N2O/c1-2-3-9(14)11(16)15-10-6-7(12)4-5-8(10)13/h4-6,9H,2-3,14H2,1H3,(H,15,16). The molecule has 0 aliphatic rings. The minimum atomic E-state index is -0.701. The summed E-state index contributed by atoms with van der Waals surface area (Å²) < 4.78 is 26.0. The fraction of sp³-hybridized carbons (Fsp3) is 0.364. The van der Waals surface area contributed by atoms with Crippen LogP contribution in [0.25, 0.3) is 0 Å². The molecule has 0 saturated heterocycles. The smallest absolute Gasteiger partial charge is 0.241 e. The highest BCUT2D eigenvalue weighted by Gasteiger charge is 2.14. The van der Waals surface area contributed by atoms with Crippen LogP contribution in [-0.2, 0) is 4.79 Å². The summed E-state index contributed by atoms with van der Waals surface area (Å²) in [4.78, 5) is 11.4. The molecule has 0 spiro atoms. The second kappa shape index (κ2) is 5.55. The van der Waals surface area contributed by atoms with Crippen LogP contribution in [0.3, 0.4) is 0 Å². The Hall–Kier alpha value is -1.49. The van der Waals surface area contributed by atoms with Crippen LogP contribution < -0.4 is 11.1 Å². The van der Waals surface area contributed by atoms with Crippen molar-refractivity contribution in [3.05, 3.63) is 29.8 Å². The molecule has 0 bridgehead atoms. The van der Waals surface area contributed by atoms with Gasteiger partial charge in [0.15, 0.2) is 0 Å². The lowest BCUT2D eigenvalue weighted by molar-refractivity contribution is -0.117. The molecule has 1 aromatic rings. The third-order valence-corrected chi connectivity index (χ3v) is 2.12. The van der Waals surface area contributed by atoms with Crippen molar-refractivity contribution < 1.29 is 13.6 Å². The van der Waals surface area contributed by atoms with Crippen molar-refractivity contribution >= 4 is 11.6 Å². The number of nitrogens with two attached hydrogens (primary N) is 1. The lowest BCUT2D eigenvalue weighted by Gasteiger charge is -2.11. The van der Waals surface area contributed by atoms with Crippen LogP contribution in [0.1, 0.15) is 19.8 Å². The van der Waals surface area contributed by atoms with Gasteiger partial charge >= 0.3 is 0 Å². The second-order valence-electron chi connectivity index (χ2n) is 3.51.